The van der Waals surface area contributed by atoms with Gasteiger partial charge in [-0.1, -0.05) is 24.3 Å². The lowest BCUT2D eigenvalue weighted by molar-refractivity contribution is -0.137. The van der Waals surface area contributed by atoms with Crippen molar-refractivity contribution in [1.29, 1.82) is 0 Å². The third-order valence-corrected chi connectivity index (χ3v) is 7.72. The molecule has 0 fully saturated rings. The van der Waals surface area contributed by atoms with Crippen LogP contribution in [0.1, 0.15) is 50.0 Å². The number of nitrogens with zero attached hydrogens (tertiary/aromatic N) is 1. The number of rotatable bonds is 8. The second-order valence-corrected chi connectivity index (χ2v) is 10.2. The van der Waals surface area contributed by atoms with Gasteiger partial charge in [0, 0.05) is 35.5 Å². The highest BCUT2D eigenvalue weighted by Crippen LogP contribution is 2.46. The Labute approximate surface area is 251 Å². The van der Waals surface area contributed by atoms with E-state index >= 15 is 4.39 Å². The van der Waals surface area contributed by atoms with Gasteiger partial charge in [0.05, 0.1) is 43.2 Å². The van der Waals surface area contributed by atoms with Crippen LogP contribution in [0.3, 0.4) is 0 Å². The maximum Gasteiger partial charge on any atom is 0.416 e. The number of hydrogen-bond donors (Lipinski definition) is 1. The Kier molecular flexibility index (Phi) is 8.40. The number of esters is 1. The van der Waals surface area contributed by atoms with Crippen molar-refractivity contribution >= 4 is 11.9 Å². The zero-order valence-electron chi connectivity index (χ0n) is 24.5. The predicted octanol–water partition coefficient (Wildman–Crippen LogP) is 6.97. The molecule has 0 bridgehead atoms. The van der Waals surface area contributed by atoms with E-state index in [1.807, 2.05) is 10.6 Å². The number of carbonyl (C=O) groups is 2. The van der Waals surface area contributed by atoms with Crippen LogP contribution < -0.4 is 14.8 Å². The van der Waals surface area contributed by atoms with Crippen LogP contribution in [0.15, 0.2) is 54.6 Å². The van der Waals surface area contributed by atoms with Crippen molar-refractivity contribution < 1.29 is 41.4 Å². The maximum atomic E-state index is 16.2. The second-order valence-electron chi connectivity index (χ2n) is 10.2. The van der Waals surface area contributed by atoms with E-state index in [-0.39, 0.29) is 29.8 Å². The lowest BCUT2D eigenvalue weighted by Crippen LogP contribution is -2.24. The summed E-state index contributed by atoms with van der Waals surface area (Å²) in [6.45, 7) is 3.94. The fraction of sp³-hybridized carbons (Fsp3) is 0.273. The van der Waals surface area contributed by atoms with Crippen molar-refractivity contribution in [3.63, 3.8) is 0 Å². The Balaban J connectivity index is 1.56. The van der Waals surface area contributed by atoms with Gasteiger partial charge in [-0.05, 0) is 61.7 Å². The molecule has 0 aliphatic carbocycles. The number of hydrogen-bond acceptors (Lipinski definition) is 5. The zero-order chi connectivity index (χ0) is 31.8. The molecule has 1 aromatic heterocycles. The molecule has 1 N–H and O–H groups in total. The van der Waals surface area contributed by atoms with Crippen LogP contribution >= 0.6 is 0 Å². The van der Waals surface area contributed by atoms with E-state index in [0.717, 1.165) is 23.3 Å². The molecule has 0 unspecified atom stereocenters. The van der Waals surface area contributed by atoms with Gasteiger partial charge in [-0.2, -0.15) is 13.2 Å². The Morgan fingerprint density at radius 3 is 2.30 bits per heavy atom. The van der Waals surface area contributed by atoms with Crippen molar-refractivity contribution in [2.45, 2.75) is 39.5 Å². The molecule has 0 saturated heterocycles. The average Bonchev–Trinajstić information content (AvgIpc) is 3.31. The lowest BCUT2D eigenvalue weighted by Gasteiger charge is -2.23. The van der Waals surface area contributed by atoms with E-state index < -0.39 is 29.4 Å². The van der Waals surface area contributed by atoms with Crippen molar-refractivity contribution in [2.75, 3.05) is 20.8 Å². The second kappa shape index (κ2) is 12.1. The number of aromatic nitrogens is 1. The summed E-state index contributed by atoms with van der Waals surface area (Å²) in [6.07, 6.45) is -3.86. The number of aryl methyl sites for hydroxylation is 1. The fourth-order valence-electron chi connectivity index (χ4n) is 5.60. The summed E-state index contributed by atoms with van der Waals surface area (Å²) < 4.78 is 73.2. The Morgan fingerprint density at radius 2 is 1.66 bits per heavy atom. The summed E-state index contributed by atoms with van der Waals surface area (Å²) in [4.78, 5) is 26.6. The van der Waals surface area contributed by atoms with Crippen LogP contribution in [-0.4, -0.2) is 37.3 Å². The zero-order valence-corrected chi connectivity index (χ0v) is 24.5. The van der Waals surface area contributed by atoms with E-state index in [0.29, 0.717) is 47.0 Å². The molecule has 4 aromatic rings. The Morgan fingerprint density at radius 1 is 0.977 bits per heavy atom. The molecule has 1 aliphatic heterocycles. The molecule has 0 saturated carbocycles. The smallest absolute Gasteiger partial charge is 0.416 e. The van der Waals surface area contributed by atoms with Crippen molar-refractivity contribution in [3.05, 3.63) is 93.9 Å². The van der Waals surface area contributed by atoms with Gasteiger partial charge >= 0.3 is 12.1 Å². The van der Waals surface area contributed by atoms with Crippen molar-refractivity contribution in [1.82, 2.24) is 9.88 Å². The van der Waals surface area contributed by atoms with Gasteiger partial charge in [-0.3, -0.25) is 4.79 Å². The maximum absolute atomic E-state index is 16.2. The average molecular weight is 611 g/mol. The van der Waals surface area contributed by atoms with Gasteiger partial charge in [0.2, 0.25) is 0 Å². The van der Waals surface area contributed by atoms with Crippen LogP contribution in [0.5, 0.6) is 11.5 Å². The highest BCUT2D eigenvalue weighted by atomic mass is 19.4. The van der Waals surface area contributed by atoms with Gasteiger partial charge in [0.1, 0.15) is 5.82 Å². The Hall–Kier alpha value is -4.80. The number of alkyl halides is 3. The van der Waals surface area contributed by atoms with Crippen LogP contribution in [0.4, 0.5) is 17.6 Å². The van der Waals surface area contributed by atoms with Crippen LogP contribution in [0, 0.1) is 12.7 Å². The molecule has 5 rings (SSSR count). The molecule has 1 aliphatic rings. The topological polar surface area (TPSA) is 78.8 Å². The van der Waals surface area contributed by atoms with Gasteiger partial charge in [0.25, 0.3) is 5.91 Å². The first kappa shape index (κ1) is 30.7. The number of ether oxygens (including phenoxy) is 3. The molecule has 11 heteroatoms. The first-order chi connectivity index (χ1) is 21.0. The van der Waals surface area contributed by atoms with E-state index in [4.69, 9.17) is 14.2 Å². The molecule has 0 radical (unpaired) electrons. The van der Waals surface area contributed by atoms with E-state index in [9.17, 15) is 22.8 Å². The molecular weight excluding hydrogens is 580 g/mol. The van der Waals surface area contributed by atoms with E-state index in [2.05, 4.69) is 5.32 Å². The fourth-order valence-corrected chi connectivity index (χ4v) is 5.60. The lowest BCUT2D eigenvalue weighted by atomic mass is 9.92. The van der Waals surface area contributed by atoms with Crippen LogP contribution in [0.25, 0.3) is 22.4 Å². The molecule has 7 nitrogen and oxygen atoms in total. The number of amides is 1. The van der Waals surface area contributed by atoms with Gasteiger partial charge in [-0.25, -0.2) is 9.18 Å². The third-order valence-electron chi connectivity index (χ3n) is 7.72. The number of nitrogens with one attached hydrogen (secondary N) is 1. The van der Waals surface area contributed by atoms with Crippen molar-refractivity contribution in [2.24, 2.45) is 0 Å². The number of halogens is 4. The first-order valence-corrected chi connectivity index (χ1v) is 13.9. The van der Waals surface area contributed by atoms with Crippen LogP contribution in [-0.2, 0) is 30.4 Å². The van der Waals surface area contributed by atoms with Crippen molar-refractivity contribution in [3.8, 4) is 33.9 Å². The molecule has 2 heterocycles. The number of carbonyl (C=O) groups excluding carboxylic acids is 2. The SMILES string of the molecule is CCOC(=O)c1c(-c2cccc(C(=O)NCc3ccc(C(F)(F)F)cc3)c2F)c(C)n2c1-c1cc(OC)c(OC)cc1CC2. The predicted molar refractivity (Wildman–Crippen MR) is 155 cm³/mol. The summed E-state index contributed by atoms with van der Waals surface area (Å²) in [5.74, 6) is -1.24. The van der Waals surface area contributed by atoms with Gasteiger partial charge < -0.3 is 24.1 Å². The third kappa shape index (κ3) is 5.49. The molecule has 1 amide bonds. The van der Waals surface area contributed by atoms with Gasteiger partial charge in [-0.15, -0.1) is 0 Å². The highest BCUT2D eigenvalue weighted by molar-refractivity contribution is 6.06. The minimum Gasteiger partial charge on any atom is -0.493 e. The van der Waals surface area contributed by atoms with E-state index in [1.165, 1.54) is 44.6 Å². The standard InChI is InChI=1S/C33H30F4N2O5/c1-5-44-32(41)28-27(18(2)39-14-13-20-15-25(42-3)26(43-4)16-24(20)30(28)39)22-7-6-8-23(29(22)34)31(40)38-17-19-9-11-21(12-10-19)33(35,36)37/h6-12,15-16H,5,13-14,17H2,1-4H3,(H,38,40). The minimum atomic E-state index is -4.48. The van der Waals surface area contributed by atoms with E-state index in [1.54, 1.807) is 19.9 Å². The summed E-state index contributed by atoms with van der Waals surface area (Å²) in [7, 11) is 3.05. The largest absolute Gasteiger partial charge is 0.493 e. The molecule has 230 valence electrons. The molecule has 44 heavy (non-hydrogen) atoms. The molecule has 0 spiro atoms. The number of benzene rings is 3. The molecule has 0 atom stereocenters. The van der Waals surface area contributed by atoms with Gasteiger partial charge in [0.15, 0.2) is 11.5 Å². The summed E-state index contributed by atoms with van der Waals surface area (Å²) in [6, 6.07) is 12.3. The highest BCUT2D eigenvalue weighted by Gasteiger charge is 2.34. The number of methoxy groups -OCH3 is 2. The number of fused-ring (bicyclic) bond motifs is 3. The molecule has 3 aromatic carbocycles. The Bertz CT molecular complexity index is 1740. The first-order valence-electron chi connectivity index (χ1n) is 13.9. The quantitative estimate of drug-likeness (QED) is 0.172. The summed E-state index contributed by atoms with van der Waals surface area (Å²) in [5, 5.41) is 2.57. The summed E-state index contributed by atoms with van der Waals surface area (Å²) in [5.41, 5.74) is 2.63. The minimum absolute atomic E-state index is 0.0386. The molecular formula is C33H30F4N2O5. The normalized spacial score (nSPS) is 12.3. The monoisotopic (exact) mass is 610 g/mol. The van der Waals surface area contributed by atoms with Crippen LogP contribution in [0.2, 0.25) is 0 Å². The summed E-state index contributed by atoms with van der Waals surface area (Å²) >= 11 is 0.